The van der Waals surface area contributed by atoms with Crippen LogP contribution in [0.4, 0.5) is 5.69 Å². The Morgan fingerprint density at radius 3 is 2.42 bits per heavy atom. The first kappa shape index (κ1) is 13.6. The lowest BCUT2D eigenvalue weighted by molar-refractivity contribution is -0.125. The van der Waals surface area contributed by atoms with Gasteiger partial charge in [0.25, 0.3) is 0 Å². The molecule has 100 valence electrons. The highest BCUT2D eigenvalue weighted by atomic mass is 16.2. The van der Waals surface area contributed by atoms with Crippen LogP contribution < -0.4 is 10.6 Å². The fraction of sp³-hybridized carbons (Fsp3) is 0.312. The standard InChI is InChI=1S/C16H20N2O/c1-16(2,11-17)15(19)18(3)14-9-8-12-6-4-5-7-13(12)10-14/h4-10H,11,17H2,1-3H3. The number of anilines is 1. The molecule has 0 aliphatic rings. The number of hydrogen-bond acceptors (Lipinski definition) is 2. The van der Waals surface area contributed by atoms with Crippen molar-refractivity contribution >= 4 is 22.4 Å². The highest BCUT2D eigenvalue weighted by Crippen LogP contribution is 2.25. The van der Waals surface area contributed by atoms with Gasteiger partial charge >= 0.3 is 0 Å². The van der Waals surface area contributed by atoms with Gasteiger partial charge in [-0.1, -0.05) is 30.3 Å². The molecular formula is C16H20N2O. The Hall–Kier alpha value is -1.87. The van der Waals surface area contributed by atoms with Crippen molar-refractivity contribution in [2.75, 3.05) is 18.5 Å². The first-order valence-electron chi connectivity index (χ1n) is 6.43. The topological polar surface area (TPSA) is 46.3 Å². The molecule has 0 saturated carbocycles. The molecule has 2 N–H and O–H groups in total. The van der Waals surface area contributed by atoms with Crippen LogP contribution in [0.3, 0.4) is 0 Å². The van der Waals surface area contributed by atoms with Crippen molar-refractivity contribution in [1.82, 2.24) is 0 Å². The molecule has 1 amide bonds. The molecule has 0 aromatic heterocycles. The molecule has 3 heteroatoms. The van der Waals surface area contributed by atoms with Crippen molar-refractivity contribution in [2.24, 2.45) is 11.1 Å². The summed E-state index contributed by atoms with van der Waals surface area (Å²) >= 11 is 0. The lowest BCUT2D eigenvalue weighted by Crippen LogP contribution is -2.42. The molecule has 3 nitrogen and oxygen atoms in total. The summed E-state index contributed by atoms with van der Waals surface area (Å²) in [6, 6.07) is 14.1. The van der Waals surface area contributed by atoms with Gasteiger partial charge in [0.1, 0.15) is 0 Å². The quantitative estimate of drug-likeness (QED) is 0.918. The maximum Gasteiger partial charge on any atom is 0.233 e. The van der Waals surface area contributed by atoms with Gasteiger partial charge < -0.3 is 10.6 Å². The van der Waals surface area contributed by atoms with Crippen LogP contribution in [0.5, 0.6) is 0 Å². The normalized spacial score (nSPS) is 11.6. The van der Waals surface area contributed by atoms with E-state index in [4.69, 9.17) is 5.73 Å². The number of nitrogens with two attached hydrogens (primary N) is 1. The van der Waals surface area contributed by atoms with Gasteiger partial charge in [0.15, 0.2) is 0 Å². The van der Waals surface area contributed by atoms with E-state index < -0.39 is 5.41 Å². The maximum absolute atomic E-state index is 12.4. The van der Waals surface area contributed by atoms with Crippen molar-refractivity contribution in [3.05, 3.63) is 42.5 Å². The molecule has 0 fully saturated rings. The summed E-state index contributed by atoms with van der Waals surface area (Å²) in [5, 5.41) is 2.30. The van der Waals surface area contributed by atoms with Crippen molar-refractivity contribution < 1.29 is 4.79 Å². The Kier molecular flexibility index (Phi) is 3.58. The smallest absolute Gasteiger partial charge is 0.233 e. The molecule has 2 rings (SSSR count). The summed E-state index contributed by atoms with van der Waals surface area (Å²) in [6.45, 7) is 4.07. The second-order valence-electron chi connectivity index (χ2n) is 5.48. The third-order valence-electron chi connectivity index (χ3n) is 3.51. The zero-order valence-corrected chi connectivity index (χ0v) is 11.7. The summed E-state index contributed by atoms with van der Waals surface area (Å²) in [5.74, 6) is 0.0327. The summed E-state index contributed by atoms with van der Waals surface area (Å²) in [4.78, 5) is 14.1. The van der Waals surface area contributed by atoms with E-state index in [1.54, 1.807) is 11.9 Å². The van der Waals surface area contributed by atoms with Gasteiger partial charge in [0.05, 0.1) is 5.41 Å². The van der Waals surface area contributed by atoms with Gasteiger partial charge in [-0.15, -0.1) is 0 Å². The van der Waals surface area contributed by atoms with Gasteiger partial charge in [0.2, 0.25) is 5.91 Å². The number of hydrogen-bond donors (Lipinski definition) is 1. The predicted molar refractivity (Wildman–Crippen MR) is 80.2 cm³/mol. The lowest BCUT2D eigenvalue weighted by Gasteiger charge is -2.28. The monoisotopic (exact) mass is 256 g/mol. The van der Waals surface area contributed by atoms with Gasteiger partial charge in [-0.2, -0.15) is 0 Å². The number of carbonyl (C=O) groups is 1. The molecule has 2 aromatic rings. The molecular weight excluding hydrogens is 236 g/mol. The molecule has 0 aliphatic carbocycles. The number of rotatable bonds is 3. The van der Waals surface area contributed by atoms with Crippen LogP contribution in [0.25, 0.3) is 10.8 Å². The summed E-state index contributed by atoms with van der Waals surface area (Å²) < 4.78 is 0. The van der Waals surface area contributed by atoms with E-state index in [0.29, 0.717) is 6.54 Å². The van der Waals surface area contributed by atoms with Crippen LogP contribution in [-0.4, -0.2) is 19.5 Å². The van der Waals surface area contributed by atoms with E-state index in [1.807, 2.05) is 50.2 Å². The number of benzene rings is 2. The fourth-order valence-corrected chi connectivity index (χ4v) is 2.04. The Morgan fingerprint density at radius 2 is 1.79 bits per heavy atom. The lowest BCUT2D eigenvalue weighted by atomic mass is 9.92. The Bertz CT molecular complexity index is 604. The Balaban J connectivity index is 2.36. The van der Waals surface area contributed by atoms with Crippen molar-refractivity contribution in [3.8, 4) is 0 Å². The minimum atomic E-state index is -0.541. The van der Waals surface area contributed by atoms with E-state index in [2.05, 4.69) is 6.07 Å². The molecule has 0 saturated heterocycles. The molecule has 2 aromatic carbocycles. The van der Waals surface area contributed by atoms with Crippen molar-refractivity contribution in [2.45, 2.75) is 13.8 Å². The summed E-state index contributed by atoms with van der Waals surface area (Å²) in [5.41, 5.74) is 6.02. The highest BCUT2D eigenvalue weighted by Gasteiger charge is 2.29. The molecule has 0 radical (unpaired) electrons. The average molecular weight is 256 g/mol. The van der Waals surface area contributed by atoms with Gasteiger partial charge in [0, 0.05) is 19.3 Å². The molecule has 0 spiro atoms. The Labute approximate surface area is 114 Å². The SMILES string of the molecule is CN(C(=O)C(C)(C)CN)c1ccc2ccccc2c1. The highest BCUT2D eigenvalue weighted by molar-refractivity contribution is 5.98. The summed E-state index contributed by atoms with van der Waals surface area (Å²) in [7, 11) is 1.80. The van der Waals surface area contributed by atoms with Crippen LogP contribution in [0.2, 0.25) is 0 Å². The van der Waals surface area contributed by atoms with Gasteiger partial charge in [-0.25, -0.2) is 0 Å². The molecule has 0 atom stereocenters. The van der Waals surface area contributed by atoms with E-state index >= 15 is 0 Å². The molecule has 0 heterocycles. The molecule has 0 aliphatic heterocycles. The predicted octanol–water partition coefficient (Wildman–Crippen LogP) is 2.79. The number of fused-ring (bicyclic) bond motifs is 1. The fourth-order valence-electron chi connectivity index (χ4n) is 2.04. The zero-order chi connectivity index (χ0) is 14.0. The minimum absolute atomic E-state index is 0.0327. The van der Waals surface area contributed by atoms with Gasteiger partial charge in [-0.05, 0) is 36.8 Å². The van der Waals surface area contributed by atoms with Crippen molar-refractivity contribution in [1.29, 1.82) is 0 Å². The first-order chi connectivity index (χ1) is 8.95. The third kappa shape index (κ3) is 2.61. The largest absolute Gasteiger partial charge is 0.329 e. The second-order valence-corrected chi connectivity index (χ2v) is 5.48. The molecule has 0 bridgehead atoms. The Morgan fingerprint density at radius 1 is 1.16 bits per heavy atom. The minimum Gasteiger partial charge on any atom is -0.329 e. The summed E-state index contributed by atoms with van der Waals surface area (Å²) in [6.07, 6.45) is 0. The van der Waals surface area contributed by atoms with Crippen LogP contribution in [0.15, 0.2) is 42.5 Å². The second kappa shape index (κ2) is 5.02. The first-order valence-corrected chi connectivity index (χ1v) is 6.43. The van der Waals surface area contributed by atoms with Crippen LogP contribution in [0.1, 0.15) is 13.8 Å². The maximum atomic E-state index is 12.4. The van der Waals surface area contributed by atoms with E-state index in [9.17, 15) is 4.79 Å². The van der Waals surface area contributed by atoms with E-state index in [0.717, 1.165) is 11.1 Å². The molecule has 19 heavy (non-hydrogen) atoms. The third-order valence-corrected chi connectivity index (χ3v) is 3.51. The average Bonchev–Trinajstić information content (AvgIpc) is 2.45. The number of nitrogens with zero attached hydrogens (tertiary/aromatic N) is 1. The van der Waals surface area contributed by atoms with Crippen LogP contribution >= 0.6 is 0 Å². The van der Waals surface area contributed by atoms with Crippen molar-refractivity contribution in [3.63, 3.8) is 0 Å². The number of carbonyl (C=O) groups excluding carboxylic acids is 1. The van der Waals surface area contributed by atoms with E-state index in [-0.39, 0.29) is 5.91 Å². The molecule has 0 unspecified atom stereocenters. The van der Waals surface area contributed by atoms with Gasteiger partial charge in [-0.3, -0.25) is 4.79 Å². The van der Waals surface area contributed by atoms with Crippen LogP contribution in [0, 0.1) is 5.41 Å². The van der Waals surface area contributed by atoms with Crippen LogP contribution in [-0.2, 0) is 4.79 Å². The number of amides is 1. The van der Waals surface area contributed by atoms with E-state index in [1.165, 1.54) is 5.39 Å². The zero-order valence-electron chi connectivity index (χ0n) is 11.7.